The lowest BCUT2D eigenvalue weighted by atomic mass is 10.1. The fourth-order valence-electron chi connectivity index (χ4n) is 2.36. The van der Waals surface area contributed by atoms with E-state index < -0.39 is 5.82 Å². The summed E-state index contributed by atoms with van der Waals surface area (Å²) in [4.78, 5) is 12.1. The third-order valence-corrected chi connectivity index (χ3v) is 4.11. The molecule has 3 aromatic rings. The quantitative estimate of drug-likeness (QED) is 0.576. The third-order valence-electron chi connectivity index (χ3n) is 3.62. The highest BCUT2D eigenvalue weighted by Gasteiger charge is 2.11. The van der Waals surface area contributed by atoms with Gasteiger partial charge < -0.3 is 9.47 Å². The minimum Gasteiger partial charge on any atom is -0.494 e. The molecule has 0 N–H and O–H groups in total. The minimum absolute atomic E-state index is 0.105. The molecular weight excluding hydrogens is 375 g/mol. The summed E-state index contributed by atoms with van der Waals surface area (Å²) in [6.45, 7) is -0.159. The number of carbonyl (C=O) groups excluding carboxylic acids is 1. The van der Waals surface area contributed by atoms with Gasteiger partial charge in [0.15, 0.2) is 24.0 Å². The van der Waals surface area contributed by atoms with Crippen LogP contribution in [0.2, 0.25) is 0 Å². The van der Waals surface area contributed by atoms with Gasteiger partial charge in [-0.05, 0) is 53.2 Å². The van der Waals surface area contributed by atoms with Crippen LogP contribution in [-0.2, 0) is 0 Å². The number of benzene rings is 3. The van der Waals surface area contributed by atoms with Crippen LogP contribution in [0.25, 0.3) is 10.8 Å². The van der Waals surface area contributed by atoms with Gasteiger partial charge in [0.05, 0.1) is 7.11 Å². The number of ketones is 1. The summed E-state index contributed by atoms with van der Waals surface area (Å²) < 4.78 is 25.0. The Morgan fingerprint density at radius 3 is 2.54 bits per heavy atom. The zero-order valence-corrected chi connectivity index (χ0v) is 14.5. The van der Waals surface area contributed by atoms with E-state index in [9.17, 15) is 9.18 Å². The van der Waals surface area contributed by atoms with E-state index in [4.69, 9.17) is 9.47 Å². The molecule has 3 aromatic carbocycles. The summed E-state index contributed by atoms with van der Waals surface area (Å²) in [5.74, 6) is -0.174. The third kappa shape index (κ3) is 3.57. The predicted molar refractivity (Wildman–Crippen MR) is 94.4 cm³/mol. The molecule has 0 fully saturated rings. The number of ether oxygens (including phenoxy) is 2. The average Bonchev–Trinajstić information content (AvgIpc) is 2.59. The lowest BCUT2D eigenvalue weighted by molar-refractivity contribution is 0.0921. The van der Waals surface area contributed by atoms with Gasteiger partial charge in [0.1, 0.15) is 5.75 Å². The molecule has 0 atom stereocenters. The Hall–Kier alpha value is -2.40. The van der Waals surface area contributed by atoms with Crippen molar-refractivity contribution < 1.29 is 18.7 Å². The molecule has 0 radical (unpaired) electrons. The monoisotopic (exact) mass is 388 g/mol. The Kier molecular flexibility index (Phi) is 4.81. The molecule has 0 spiro atoms. The maximum Gasteiger partial charge on any atom is 0.200 e. The molecule has 0 aliphatic rings. The highest BCUT2D eigenvalue weighted by Crippen LogP contribution is 2.24. The van der Waals surface area contributed by atoms with Crippen molar-refractivity contribution in [1.82, 2.24) is 0 Å². The molecule has 3 nitrogen and oxygen atoms in total. The van der Waals surface area contributed by atoms with Crippen LogP contribution in [0.1, 0.15) is 10.4 Å². The molecular formula is C19H14BrFO3. The number of hydrogen-bond donors (Lipinski definition) is 0. The molecule has 0 aromatic heterocycles. The van der Waals surface area contributed by atoms with Crippen molar-refractivity contribution in [3.05, 3.63) is 70.5 Å². The standard InChI is InChI=1S/C19H14BrFO3/c1-23-19-7-4-14(10-17(19)21)18(22)11-24-16-6-3-12-8-15(20)5-2-13(12)9-16/h2-10H,11H2,1H3. The van der Waals surface area contributed by atoms with E-state index in [0.29, 0.717) is 5.75 Å². The summed E-state index contributed by atoms with van der Waals surface area (Å²) in [7, 11) is 1.38. The topological polar surface area (TPSA) is 35.5 Å². The van der Waals surface area contributed by atoms with Crippen LogP contribution in [0.4, 0.5) is 4.39 Å². The van der Waals surface area contributed by atoms with E-state index in [2.05, 4.69) is 15.9 Å². The second-order valence-electron chi connectivity index (χ2n) is 5.21. The Bertz CT molecular complexity index is 908. The van der Waals surface area contributed by atoms with Crippen LogP contribution in [0.3, 0.4) is 0 Å². The van der Waals surface area contributed by atoms with Gasteiger partial charge in [0, 0.05) is 10.0 Å². The normalized spacial score (nSPS) is 10.6. The maximum atomic E-state index is 13.7. The first-order valence-corrected chi connectivity index (χ1v) is 8.05. The number of carbonyl (C=O) groups is 1. The second kappa shape index (κ2) is 7.01. The van der Waals surface area contributed by atoms with Gasteiger partial charge in [-0.1, -0.05) is 28.1 Å². The van der Waals surface area contributed by atoms with Gasteiger partial charge in [0.2, 0.25) is 0 Å². The van der Waals surface area contributed by atoms with Crippen LogP contribution in [0.15, 0.2) is 59.1 Å². The Morgan fingerprint density at radius 2 is 1.79 bits per heavy atom. The lowest BCUT2D eigenvalue weighted by Gasteiger charge is -2.08. The molecule has 0 amide bonds. The van der Waals surface area contributed by atoms with Crippen molar-refractivity contribution in [1.29, 1.82) is 0 Å². The van der Waals surface area contributed by atoms with Crippen molar-refractivity contribution in [2.75, 3.05) is 13.7 Å². The fourth-order valence-corrected chi connectivity index (χ4v) is 2.74. The number of fused-ring (bicyclic) bond motifs is 1. The van der Waals surface area contributed by atoms with Crippen molar-refractivity contribution in [2.45, 2.75) is 0 Å². The Morgan fingerprint density at radius 1 is 1.04 bits per heavy atom. The molecule has 24 heavy (non-hydrogen) atoms. The van der Waals surface area contributed by atoms with E-state index in [1.165, 1.54) is 19.2 Å². The summed E-state index contributed by atoms with van der Waals surface area (Å²) in [5, 5.41) is 2.08. The van der Waals surface area contributed by atoms with E-state index in [-0.39, 0.29) is 23.7 Å². The van der Waals surface area contributed by atoms with Crippen LogP contribution < -0.4 is 9.47 Å². The number of hydrogen-bond acceptors (Lipinski definition) is 3. The van der Waals surface area contributed by atoms with Crippen molar-refractivity contribution >= 4 is 32.5 Å². The largest absolute Gasteiger partial charge is 0.494 e. The van der Waals surface area contributed by atoms with Gasteiger partial charge in [0.25, 0.3) is 0 Å². The van der Waals surface area contributed by atoms with Crippen LogP contribution in [0, 0.1) is 5.82 Å². The first kappa shape index (κ1) is 16.5. The Labute approximate surface area is 147 Å². The Balaban J connectivity index is 1.72. The van der Waals surface area contributed by atoms with Gasteiger partial charge in [-0.3, -0.25) is 4.79 Å². The van der Waals surface area contributed by atoms with E-state index in [1.807, 2.05) is 30.3 Å². The molecule has 0 aliphatic heterocycles. The van der Waals surface area contributed by atoms with Crippen LogP contribution >= 0.6 is 15.9 Å². The number of halogens is 2. The first-order chi connectivity index (χ1) is 11.6. The molecule has 0 aliphatic carbocycles. The summed E-state index contributed by atoms with van der Waals surface area (Å²) in [6.07, 6.45) is 0. The van der Waals surface area contributed by atoms with Gasteiger partial charge in [-0.2, -0.15) is 0 Å². The SMILES string of the molecule is COc1ccc(C(=O)COc2ccc3cc(Br)ccc3c2)cc1F. The molecule has 0 unspecified atom stereocenters. The number of Topliss-reactive ketones (excluding diaryl/α,β-unsaturated/α-hetero) is 1. The number of rotatable bonds is 5. The smallest absolute Gasteiger partial charge is 0.200 e. The summed E-state index contributed by atoms with van der Waals surface area (Å²) >= 11 is 3.43. The average molecular weight is 389 g/mol. The van der Waals surface area contributed by atoms with Crippen molar-refractivity contribution in [3.63, 3.8) is 0 Å². The molecule has 0 saturated carbocycles. The first-order valence-electron chi connectivity index (χ1n) is 7.25. The zero-order chi connectivity index (χ0) is 17.1. The summed E-state index contributed by atoms with van der Waals surface area (Å²) in [5.41, 5.74) is 0.248. The van der Waals surface area contributed by atoms with E-state index in [1.54, 1.807) is 6.07 Å². The fraction of sp³-hybridized carbons (Fsp3) is 0.105. The zero-order valence-electron chi connectivity index (χ0n) is 12.9. The maximum absolute atomic E-state index is 13.7. The van der Waals surface area contributed by atoms with E-state index in [0.717, 1.165) is 21.3 Å². The van der Waals surface area contributed by atoms with Gasteiger partial charge in [-0.25, -0.2) is 4.39 Å². The molecule has 0 saturated heterocycles. The molecule has 0 bridgehead atoms. The lowest BCUT2D eigenvalue weighted by Crippen LogP contribution is -2.12. The highest BCUT2D eigenvalue weighted by molar-refractivity contribution is 9.10. The molecule has 3 rings (SSSR count). The minimum atomic E-state index is -0.570. The highest BCUT2D eigenvalue weighted by atomic mass is 79.9. The number of methoxy groups -OCH3 is 1. The van der Waals surface area contributed by atoms with Crippen molar-refractivity contribution in [3.8, 4) is 11.5 Å². The van der Waals surface area contributed by atoms with Crippen LogP contribution in [-0.4, -0.2) is 19.5 Å². The molecule has 5 heteroatoms. The second-order valence-corrected chi connectivity index (χ2v) is 6.13. The van der Waals surface area contributed by atoms with Gasteiger partial charge in [-0.15, -0.1) is 0 Å². The van der Waals surface area contributed by atoms with Gasteiger partial charge >= 0.3 is 0 Å². The predicted octanol–water partition coefficient (Wildman–Crippen LogP) is 5.01. The molecule has 0 heterocycles. The van der Waals surface area contributed by atoms with Crippen LogP contribution in [0.5, 0.6) is 11.5 Å². The van der Waals surface area contributed by atoms with E-state index >= 15 is 0 Å². The molecule has 122 valence electrons. The van der Waals surface area contributed by atoms with Crippen molar-refractivity contribution in [2.24, 2.45) is 0 Å². The summed E-state index contributed by atoms with van der Waals surface area (Å²) in [6, 6.07) is 15.6.